The summed E-state index contributed by atoms with van der Waals surface area (Å²) in [7, 11) is 0. The van der Waals surface area contributed by atoms with Gasteiger partial charge in [0.1, 0.15) is 5.65 Å². The number of hydrogen-bond acceptors (Lipinski definition) is 2. The fourth-order valence-electron chi connectivity index (χ4n) is 1.92. The molecule has 3 nitrogen and oxygen atoms in total. The van der Waals surface area contributed by atoms with Crippen molar-refractivity contribution in [2.75, 3.05) is 5.73 Å². The van der Waals surface area contributed by atoms with Crippen LogP contribution < -0.4 is 5.73 Å². The highest BCUT2D eigenvalue weighted by Crippen LogP contribution is 2.18. The minimum Gasteiger partial charge on any atom is -0.398 e. The van der Waals surface area contributed by atoms with Crippen LogP contribution in [0.15, 0.2) is 12.3 Å². The van der Waals surface area contributed by atoms with E-state index in [2.05, 4.69) is 16.3 Å². The maximum atomic E-state index is 5.81. The van der Waals surface area contributed by atoms with E-state index >= 15 is 0 Å². The molecular formula is C11H15N3. The lowest BCUT2D eigenvalue weighted by molar-refractivity contribution is 0.976. The largest absolute Gasteiger partial charge is 0.398 e. The lowest BCUT2D eigenvalue weighted by Crippen LogP contribution is -1.96. The summed E-state index contributed by atoms with van der Waals surface area (Å²) in [4.78, 5) is 4.53. The molecule has 0 saturated carbocycles. The third kappa shape index (κ3) is 1.16. The monoisotopic (exact) mass is 189 g/mol. The summed E-state index contributed by atoms with van der Waals surface area (Å²) in [5.41, 5.74) is 11.1. The van der Waals surface area contributed by atoms with Crippen molar-refractivity contribution in [2.24, 2.45) is 0 Å². The van der Waals surface area contributed by atoms with Gasteiger partial charge in [-0.05, 0) is 31.9 Å². The molecule has 0 fully saturated rings. The standard InChI is InChI=1S/C11H15N3/c1-4-10-8(3)13-11-7(2)5-9(12)6-14(10)11/h5-6H,4,12H2,1-3H3. The SMILES string of the molecule is CCc1c(C)nc2c(C)cc(N)cn12. The molecule has 0 aliphatic carbocycles. The minimum atomic E-state index is 0.794. The summed E-state index contributed by atoms with van der Waals surface area (Å²) < 4.78 is 2.10. The van der Waals surface area contributed by atoms with Crippen molar-refractivity contribution in [3.05, 3.63) is 29.2 Å². The van der Waals surface area contributed by atoms with Gasteiger partial charge in [-0.3, -0.25) is 0 Å². The number of aryl methyl sites for hydroxylation is 3. The molecule has 0 aliphatic heterocycles. The second kappa shape index (κ2) is 3.01. The molecule has 0 aliphatic rings. The van der Waals surface area contributed by atoms with Crippen LogP contribution in [0.1, 0.15) is 23.9 Å². The summed E-state index contributed by atoms with van der Waals surface area (Å²) in [6, 6.07) is 1.96. The van der Waals surface area contributed by atoms with Crippen LogP contribution in [0.4, 0.5) is 5.69 Å². The first-order valence-corrected chi connectivity index (χ1v) is 4.87. The van der Waals surface area contributed by atoms with E-state index in [0.29, 0.717) is 0 Å². The first-order valence-electron chi connectivity index (χ1n) is 4.87. The van der Waals surface area contributed by atoms with Gasteiger partial charge < -0.3 is 10.1 Å². The molecule has 0 unspecified atom stereocenters. The molecule has 2 aromatic rings. The number of anilines is 1. The Hall–Kier alpha value is -1.51. The molecule has 0 bridgehead atoms. The van der Waals surface area contributed by atoms with Crippen LogP contribution in [0.2, 0.25) is 0 Å². The molecule has 0 saturated heterocycles. The molecule has 0 aromatic carbocycles. The highest BCUT2D eigenvalue weighted by molar-refractivity contribution is 5.56. The van der Waals surface area contributed by atoms with Crippen molar-refractivity contribution in [3.8, 4) is 0 Å². The summed E-state index contributed by atoms with van der Waals surface area (Å²) in [6.45, 7) is 6.22. The molecule has 0 radical (unpaired) electrons. The highest BCUT2D eigenvalue weighted by atomic mass is 15.0. The first kappa shape index (κ1) is 9.06. The lowest BCUT2D eigenvalue weighted by atomic mass is 10.2. The second-order valence-electron chi connectivity index (χ2n) is 3.65. The Bertz CT molecular complexity index is 483. The molecule has 14 heavy (non-hydrogen) atoms. The second-order valence-corrected chi connectivity index (χ2v) is 3.65. The Morgan fingerprint density at radius 3 is 2.79 bits per heavy atom. The Balaban J connectivity index is 2.87. The van der Waals surface area contributed by atoms with Crippen LogP contribution in [0.5, 0.6) is 0 Å². The molecule has 3 heteroatoms. The number of aromatic nitrogens is 2. The summed E-state index contributed by atoms with van der Waals surface area (Å²) in [5, 5.41) is 0. The predicted molar refractivity (Wildman–Crippen MR) is 58.5 cm³/mol. The van der Waals surface area contributed by atoms with Crippen LogP contribution in [-0.2, 0) is 6.42 Å². The van der Waals surface area contributed by atoms with E-state index in [0.717, 1.165) is 29.0 Å². The number of nitrogens with zero attached hydrogens (tertiary/aromatic N) is 2. The van der Waals surface area contributed by atoms with Gasteiger partial charge in [0, 0.05) is 17.6 Å². The number of rotatable bonds is 1. The van der Waals surface area contributed by atoms with Crippen LogP contribution in [0.25, 0.3) is 5.65 Å². The molecule has 2 heterocycles. The van der Waals surface area contributed by atoms with E-state index in [1.54, 1.807) is 0 Å². The zero-order chi connectivity index (χ0) is 10.3. The van der Waals surface area contributed by atoms with E-state index in [9.17, 15) is 0 Å². The molecule has 2 N–H and O–H groups in total. The minimum absolute atomic E-state index is 0.794. The van der Waals surface area contributed by atoms with E-state index in [4.69, 9.17) is 5.73 Å². The number of nitrogens with two attached hydrogens (primary N) is 1. The van der Waals surface area contributed by atoms with Crippen LogP contribution in [0, 0.1) is 13.8 Å². The van der Waals surface area contributed by atoms with Gasteiger partial charge in [0.2, 0.25) is 0 Å². The van der Waals surface area contributed by atoms with Gasteiger partial charge >= 0.3 is 0 Å². The van der Waals surface area contributed by atoms with Crippen molar-refractivity contribution in [1.29, 1.82) is 0 Å². The van der Waals surface area contributed by atoms with Crippen molar-refractivity contribution >= 4 is 11.3 Å². The Labute approximate surface area is 83.6 Å². The lowest BCUT2D eigenvalue weighted by Gasteiger charge is -2.03. The van der Waals surface area contributed by atoms with Gasteiger partial charge in [0.25, 0.3) is 0 Å². The number of hydrogen-bond donors (Lipinski definition) is 1. The predicted octanol–water partition coefficient (Wildman–Crippen LogP) is 2.10. The molecular weight excluding hydrogens is 174 g/mol. The molecule has 2 rings (SSSR count). The quantitative estimate of drug-likeness (QED) is 0.746. The van der Waals surface area contributed by atoms with Gasteiger partial charge in [0.15, 0.2) is 0 Å². The fraction of sp³-hybridized carbons (Fsp3) is 0.364. The zero-order valence-electron chi connectivity index (χ0n) is 8.83. The smallest absolute Gasteiger partial charge is 0.140 e. The van der Waals surface area contributed by atoms with Gasteiger partial charge in [-0.1, -0.05) is 6.92 Å². The molecule has 0 spiro atoms. The number of fused-ring (bicyclic) bond motifs is 1. The Morgan fingerprint density at radius 1 is 1.43 bits per heavy atom. The van der Waals surface area contributed by atoms with E-state index < -0.39 is 0 Å². The van der Waals surface area contributed by atoms with Crippen molar-refractivity contribution in [1.82, 2.24) is 9.38 Å². The van der Waals surface area contributed by atoms with E-state index in [-0.39, 0.29) is 0 Å². The number of imidazole rings is 1. The third-order valence-corrected chi connectivity index (χ3v) is 2.56. The zero-order valence-corrected chi connectivity index (χ0v) is 8.83. The Kier molecular flexibility index (Phi) is 1.95. The topological polar surface area (TPSA) is 43.3 Å². The summed E-state index contributed by atoms with van der Waals surface area (Å²) in [5.74, 6) is 0. The van der Waals surface area contributed by atoms with Crippen molar-refractivity contribution in [2.45, 2.75) is 27.2 Å². The summed E-state index contributed by atoms with van der Waals surface area (Å²) in [6.07, 6.45) is 2.93. The van der Waals surface area contributed by atoms with Crippen molar-refractivity contribution in [3.63, 3.8) is 0 Å². The van der Waals surface area contributed by atoms with E-state index in [1.807, 2.05) is 26.1 Å². The average molecular weight is 189 g/mol. The number of nitrogen functional groups attached to an aromatic ring is 1. The molecule has 0 amide bonds. The van der Waals surface area contributed by atoms with Gasteiger partial charge in [0.05, 0.1) is 5.69 Å². The van der Waals surface area contributed by atoms with Gasteiger partial charge in [-0.25, -0.2) is 4.98 Å². The number of pyridine rings is 1. The first-order chi connectivity index (χ1) is 6.63. The van der Waals surface area contributed by atoms with Crippen molar-refractivity contribution < 1.29 is 0 Å². The maximum absolute atomic E-state index is 5.81. The molecule has 0 atom stereocenters. The van der Waals surface area contributed by atoms with Gasteiger partial charge in [-0.2, -0.15) is 0 Å². The van der Waals surface area contributed by atoms with Crippen LogP contribution >= 0.6 is 0 Å². The highest BCUT2D eigenvalue weighted by Gasteiger charge is 2.08. The molecule has 2 aromatic heterocycles. The van der Waals surface area contributed by atoms with Gasteiger partial charge in [-0.15, -0.1) is 0 Å². The van der Waals surface area contributed by atoms with E-state index in [1.165, 1.54) is 5.69 Å². The normalized spacial score (nSPS) is 11.1. The third-order valence-electron chi connectivity index (χ3n) is 2.56. The summed E-state index contributed by atoms with van der Waals surface area (Å²) >= 11 is 0. The average Bonchev–Trinajstić information content (AvgIpc) is 2.41. The maximum Gasteiger partial charge on any atom is 0.140 e. The Morgan fingerprint density at radius 2 is 2.14 bits per heavy atom. The van der Waals surface area contributed by atoms with Crippen LogP contribution in [0.3, 0.4) is 0 Å². The fourth-order valence-corrected chi connectivity index (χ4v) is 1.92. The molecule has 74 valence electrons. The van der Waals surface area contributed by atoms with Crippen LogP contribution in [-0.4, -0.2) is 9.38 Å².